The van der Waals surface area contributed by atoms with Crippen molar-refractivity contribution >= 4 is 39.1 Å². The molecule has 1 fully saturated rings. The molecule has 1 atom stereocenters. The number of amides is 2. The maximum absolute atomic E-state index is 13.5. The van der Waals surface area contributed by atoms with Crippen molar-refractivity contribution in [3.63, 3.8) is 0 Å². The van der Waals surface area contributed by atoms with E-state index in [-0.39, 0.29) is 18.5 Å². The minimum absolute atomic E-state index is 0.116. The molecule has 0 saturated heterocycles. The van der Waals surface area contributed by atoms with Gasteiger partial charge in [-0.2, -0.15) is 0 Å². The molecule has 1 N–H and O–H groups in total. The van der Waals surface area contributed by atoms with Gasteiger partial charge >= 0.3 is 0 Å². The van der Waals surface area contributed by atoms with Gasteiger partial charge in [0.2, 0.25) is 21.8 Å². The summed E-state index contributed by atoms with van der Waals surface area (Å²) in [5, 5.41) is 3.41. The number of carbonyl (C=O) groups is 2. The van der Waals surface area contributed by atoms with Gasteiger partial charge in [-0.05, 0) is 50.5 Å². The Balaban J connectivity index is 1.87. The third kappa shape index (κ3) is 6.96. The fourth-order valence-corrected chi connectivity index (χ4v) is 5.14. The summed E-state index contributed by atoms with van der Waals surface area (Å²) in [4.78, 5) is 28.0. The second-order valence-corrected chi connectivity index (χ2v) is 11.3. The van der Waals surface area contributed by atoms with Crippen LogP contribution >= 0.6 is 11.6 Å². The SMILES string of the molecule is Cc1ccc(CN(C(=O)CN(c2cccc(Cl)c2)S(C)(=O)=O)[C@@H](C)C(=O)NC2CCCC2)cc1. The zero-order chi connectivity index (χ0) is 24.9. The van der Waals surface area contributed by atoms with E-state index < -0.39 is 28.5 Å². The minimum atomic E-state index is -3.78. The van der Waals surface area contributed by atoms with E-state index in [0.717, 1.165) is 47.4 Å². The molecule has 0 aromatic heterocycles. The molecular formula is C25H32ClN3O4S. The largest absolute Gasteiger partial charge is 0.352 e. The number of sulfonamides is 1. The van der Waals surface area contributed by atoms with Crippen molar-refractivity contribution in [2.75, 3.05) is 17.1 Å². The molecule has 9 heteroatoms. The molecule has 1 saturated carbocycles. The van der Waals surface area contributed by atoms with Gasteiger partial charge in [0.1, 0.15) is 12.6 Å². The number of carbonyl (C=O) groups excluding carboxylic acids is 2. The highest BCUT2D eigenvalue weighted by Crippen LogP contribution is 2.23. The first-order valence-electron chi connectivity index (χ1n) is 11.4. The average molecular weight is 506 g/mol. The predicted molar refractivity (Wildman–Crippen MR) is 135 cm³/mol. The van der Waals surface area contributed by atoms with Crippen LogP contribution in [0.5, 0.6) is 0 Å². The van der Waals surface area contributed by atoms with E-state index in [9.17, 15) is 18.0 Å². The van der Waals surface area contributed by atoms with E-state index in [0.29, 0.717) is 10.7 Å². The fraction of sp³-hybridized carbons (Fsp3) is 0.440. The number of rotatable bonds is 9. The standard InChI is InChI=1S/C25H32ClN3O4S/c1-18-11-13-20(14-12-18)16-28(19(2)25(31)27-22-8-4-5-9-22)24(30)17-29(34(3,32)33)23-10-6-7-21(26)15-23/h6-7,10-15,19,22H,4-5,8-9,16-17H2,1-3H3,(H,27,31)/t19-/m0/s1. The van der Waals surface area contributed by atoms with Crippen molar-refractivity contribution in [2.24, 2.45) is 0 Å². The molecule has 7 nitrogen and oxygen atoms in total. The van der Waals surface area contributed by atoms with Crippen molar-refractivity contribution in [3.05, 3.63) is 64.7 Å². The molecule has 0 bridgehead atoms. The summed E-state index contributed by atoms with van der Waals surface area (Å²) < 4.78 is 26.1. The quantitative estimate of drug-likeness (QED) is 0.560. The number of benzene rings is 2. The van der Waals surface area contributed by atoms with Crippen LogP contribution in [0, 0.1) is 6.92 Å². The summed E-state index contributed by atoms with van der Waals surface area (Å²) in [6.07, 6.45) is 5.06. The van der Waals surface area contributed by atoms with Gasteiger partial charge in [0, 0.05) is 17.6 Å². The zero-order valence-electron chi connectivity index (χ0n) is 19.8. The van der Waals surface area contributed by atoms with Crippen molar-refractivity contribution < 1.29 is 18.0 Å². The Morgan fingerprint density at radius 2 is 1.76 bits per heavy atom. The Morgan fingerprint density at radius 1 is 1.12 bits per heavy atom. The molecule has 0 spiro atoms. The lowest BCUT2D eigenvalue weighted by atomic mass is 10.1. The monoisotopic (exact) mass is 505 g/mol. The first-order valence-corrected chi connectivity index (χ1v) is 13.7. The van der Waals surface area contributed by atoms with E-state index in [2.05, 4.69) is 5.32 Å². The number of hydrogen-bond acceptors (Lipinski definition) is 4. The summed E-state index contributed by atoms with van der Waals surface area (Å²) in [5.41, 5.74) is 2.23. The van der Waals surface area contributed by atoms with Gasteiger partial charge in [-0.1, -0.05) is 60.3 Å². The van der Waals surface area contributed by atoms with Crippen molar-refractivity contribution in [3.8, 4) is 0 Å². The van der Waals surface area contributed by atoms with E-state index in [4.69, 9.17) is 11.6 Å². The Hall–Kier alpha value is -2.58. The fourth-order valence-electron chi connectivity index (χ4n) is 4.11. The summed E-state index contributed by atoms with van der Waals surface area (Å²) in [6, 6.07) is 13.4. The molecule has 2 aromatic carbocycles. The Morgan fingerprint density at radius 3 is 2.35 bits per heavy atom. The molecule has 0 radical (unpaired) electrons. The second-order valence-electron chi connectivity index (χ2n) is 8.92. The Labute approximate surface area is 207 Å². The van der Waals surface area contributed by atoms with Gasteiger partial charge in [-0.25, -0.2) is 8.42 Å². The summed E-state index contributed by atoms with van der Waals surface area (Å²) in [7, 11) is -3.78. The highest BCUT2D eigenvalue weighted by atomic mass is 35.5. The highest BCUT2D eigenvalue weighted by molar-refractivity contribution is 7.92. The zero-order valence-corrected chi connectivity index (χ0v) is 21.4. The molecule has 34 heavy (non-hydrogen) atoms. The van der Waals surface area contributed by atoms with E-state index in [1.165, 1.54) is 11.0 Å². The van der Waals surface area contributed by atoms with Crippen LogP contribution in [0.25, 0.3) is 0 Å². The third-order valence-electron chi connectivity index (χ3n) is 6.12. The first kappa shape index (κ1) is 26.0. The average Bonchev–Trinajstić information content (AvgIpc) is 3.28. The second kappa shape index (κ2) is 11.2. The lowest BCUT2D eigenvalue weighted by Gasteiger charge is -2.32. The van der Waals surface area contributed by atoms with Crippen LogP contribution in [-0.2, 0) is 26.2 Å². The van der Waals surface area contributed by atoms with Crippen molar-refractivity contribution in [2.45, 2.75) is 58.2 Å². The summed E-state index contributed by atoms with van der Waals surface area (Å²) in [6.45, 7) is 3.40. The number of halogens is 1. The van der Waals surface area contributed by atoms with Crippen LogP contribution in [0.1, 0.15) is 43.7 Å². The lowest BCUT2D eigenvalue weighted by molar-refractivity contribution is -0.139. The third-order valence-corrected chi connectivity index (χ3v) is 7.49. The van der Waals surface area contributed by atoms with Gasteiger partial charge in [-0.3, -0.25) is 13.9 Å². The van der Waals surface area contributed by atoms with E-state index in [1.54, 1.807) is 25.1 Å². The van der Waals surface area contributed by atoms with E-state index >= 15 is 0 Å². The van der Waals surface area contributed by atoms with Gasteiger partial charge in [0.15, 0.2) is 0 Å². The maximum Gasteiger partial charge on any atom is 0.244 e. The van der Waals surface area contributed by atoms with Crippen LogP contribution < -0.4 is 9.62 Å². The Kier molecular flexibility index (Phi) is 8.60. The molecule has 184 valence electrons. The molecule has 2 amide bonds. The van der Waals surface area contributed by atoms with Crippen LogP contribution in [0.3, 0.4) is 0 Å². The smallest absolute Gasteiger partial charge is 0.244 e. The maximum atomic E-state index is 13.5. The van der Waals surface area contributed by atoms with Crippen LogP contribution in [-0.4, -0.2) is 50.0 Å². The molecule has 1 aliphatic rings. The van der Waals surface area contributed by atoms with Gasteiger partial charge in [0.25, 0.3) is 0 Å². The number of hydrogen-bond donors (Lipinski definition) is 1. The number of nitrogens with zero attached hydrogens (tertiary/aromatic N) is 2. The highest BCUT2D eigenvalue weighted by Gasteiger charge is 2.31. The van der Waals surface area contributed by atoms with Crippen LogP contribution in [0.4, 0.5) is 5.69 Å². The topological polar surface area (TPSA) is 86.8 Å². The molecular weight excluding hydrogens is 474 g/mol. The summed E-state index contributed by atoms with van der Waals surface area (Å²) in [5.74, 6) is -0.707. The first-order chi connectivity index (χ1) is 16.0. The van der Waals surface area contributed by atoms with Gasteiger partial charge in [0.05, 0.1) is 11.9 Å². The van der Waals surface area contributed by atoms with Crippen molar-refractivity contribution in [1.82, 2.24) is 10.2 Å². The van der Waals surface area contributed by atoms with Crippen molar-refractivity contribution in [1.29, 1.82) is 0 Å². The summed E-state index contributed by atoms with van der Waals surface area (Å²) >= 11 is 6.06. The molecule has 1 aliphatic carbocycles. The molecule has 3 rings (SSSR count). The van der Waals surface area contributed by atoms with E-state index in [1.807, 2.05) is 31.2 Å². The minimum Gasteiger partial charge on any atom is -0.352 e. The van der Waals surface area contributed by atoms with Crippen LogP contribution in [0.2, 0.25) is 5.02 Å². The van der Waals surface area contributed by atoms with Gasteiger partial charge < -0.3 is 10.2 Å². The Bertz CT molecular complexity index is 1120. The molecule has 0 unspecified atom stereocenters. The number of anilines is 1. The number of aryl methyl sites for hydroxylation is 1. The van der Waals surface area contributed by atoms with Gasteiger partial charge in [-0.15, -0.1) is 0 Å². The molecule has 2 aromatic rings. The lowest BCUT2D eigenvalue weighted by Crippen LogP contribution is -2.52. The molecule has 0 heterocycles. The van der Waals surface area contributed by atoms with Crippen LogP contribution in [0.15, 0.2) is 48.5 Å². The predicted octanol–water partition coefficient (Wildman–Crippen LogP) is 3.89. The normalized spacial score (nSPS) is 15.1. The number of nitrogens with one attached hydrogen (secondary N) is 1. The molecule has 0 aliphatic heterocycles.